The summed E-state index contributed by atoms with van der Waals surface area (Å²) in [6.07, 6.45) is 3.23. The lowest BCUT2D eigenvalue weighted by molar-refractivity contribution is -0.116. The maximum absolute atomic E-state index is 13.5. The van der Waals surface area contributed by atoms with Gasteiger partial charge in [-0.25, -0.2) is 0 Å². The molecule has 0 aliphatic carbocycles. The molecule has 0 spiro atoms. The second-order valence-corrected chi connectivity index (χ2v) is 11.3. The van der Waals surface area contributed by atoms with Crippen molar-refractivity contribution in [1.82, 2.24) is 10.2 Å². The van der Waals surface area contributed by atoms with Crippen molar-refractivity contribution in [3.05, 3.63) is 82.4 Å². The van der Waals surface area contributed by atoms with Crippen molar-refractivity contribution in [3.8, 4) is 23.0 Å². The third-order valence-electron chi connectivity index (χ3n) is 8.31. The summed E-state index contributed by atoms with van der Waals surface area (Å²) in [6.45, 7) is 4.31. The zero-order chi connectivity index (χ0) is 30.2. The van der Waals surface area contributed by atoms with Crippen LogP contribution in [0.5, 0.6) is 23.0 Å². The van der Waals surface area contributed by atoms with E-state index in [1.165, 1.54) is 7.11 Å². The Morgan fingerprint density at radius 3 is 1.93 bits per heavy atom. The first kappa shape index (κ1) is 30.5. The first-order valence-electron chi connectivity index (χ1n) is 14.4. The van der Waals surface area contributed by atoms with Crippen LogP contribution in [-0.4, -0.2) is 64.0 Å². The Bertz CT molecular complexity index is 1410. The third kappa shape index (κ3) is 7.35. The summed E-state index contributed by atoms with van der Waals surface area (Å²) in [5.41, 5.74) is 2.44. The molecule has 2 bridgehead atoms. The van der Waals surface area contributed by atoms with Crippen LogP contribution in [0.3, 0.4) is 0 Å². The summed E-state index contributed by atoms with van der Waals surface area (Å²) in [7, 11) is 4.65. The molecular weight excluding hydrogens is 570 g/mol. The maximum Gasteiger partial charge on any atom is 0.274 e. The maximum atomic E-state index is 13.5. The van der Waals surface area contributed by atoms with E-state index in [0.29, 0.717) is 23.6 Å². The molecule has 228 valence electrons. The largest absolute Gasteiger partial charge is 0.497 e. The predicted octanol–water partition coefficient (Wildman–Crippen LogP) is 5.47. The van der Waals surface area contributed by atoms with E-state index >= 15 is 0 Å². The van der Waals surface area contributed by atoms with Crippen LogP contribution in [0.15, 0.2) is 65.8 Å². The molecule has 3 aliphatic heterocycles. The van der Waals surface area contributed by atoms with E-state index in [-0.39, 0.29) is 35.3 Å². The number of fused-ring (bicyclic) bond motifs is 3. The van der Waals surface area contributed by atoms with Crippen molar-refractivity contribution >= 4 is 23.2 Å². The molecule has 3 heterocycles. The van der Waals surface area contributed by atoms with Gasteiger partial charge in [-0.2, -0.15) is 0 Å². The van der Waals surface area contributed by atoms with Crippen molar-refractivity contribution in [2.75, 3.05) is 47.5 Å². The molecule has 3 aliphatic rings. The number of benzene rings is 3. The van der Waals surface area contributed by atoms with Gasteiger partial charge < -0.3 is 34.0 Å². The highest BCUT2D eigenvalue weighted by molar-refractivity contribution is 6.49. The number of carbonyl (C=O) groups excluding carboxylic acids is 1. The van der Waals surface area contributed by atoms with Gasteiger partial charge in [0.15, 0.2) is 17.2 Å². The number of methoxy groups -OCH3 is 2. The monoisotopic (exact) mass is 607 g/mol. The Balaban J connectivity index is 1.38. The molecule has 6 rings (SSSR count). The fourth-order valence-electron chi connectivity index (χ4n) is 5.55. The molecule has 10 heteroatoms. The first-order valence-corrected chi connectivity index (χ1v) is 14.8. The standard InChI is InChI=1S/C33H38ClN3O6/c1-39-25-8-4-23(5-9-25)20-42-28-13-12-27(29(34)31(28)43-21-24-6-10-26(40-2)11-7-24)30(36-41-3)32(38)35-22-33-14-17-37(18-15-33)19-16-33/h4-13H,14-22H2,1-3H3,(H,35,38)/b36-30-. The van der Waals surface area contributed by atoms with Gasteiger partial charge in [0.05, 0.1) is 19.2 Å². The van der Waals surface area contributed by atoms with E-state index in [2.05, 4.69) is 15.4 Å². The Morgan fingerprint density at radius 1 is 0.837 bits per heavy atom. The summed E-state index contributed by atoms with van der Waals surface area (Å²) in [4.78, 5) is 21.1. The van der Waals surface area contributed by atoms with E-state index in [9.17, 15) is 4.79 Å². The fraction of sp³-hybridized carbons (Fsp3) is 0.394. The molecule has 0 radical (unpaired) electrons. The smallest absolute Gasteiger partial charge is 0.274 e. The van der Waals surface area contributed by atoms with Gasteiger partial charge in [0.25, 0.3) is 5.91 Å². The van der Waals surface area contributed by atoms with Crippen LogP contribution in [0.1, 0.15) is 36.0 Å². The minimum atomic E-state index is -0.348. The third-order valence-corrected chi connectivity index (χ3v) is 8.68. The van der Waals surface area contributed by atoms with Crippen molar-refractivity contribution in [1.29, 1.82) is 0 Å². The zero-order valence-corrected chi connectivity index (χ0v) is 25.6. The summed E-state index contributed by atoms with van der Waals surface area (Å²) >= 11 is 6.97. The van der Waals surface area contributed by atoms with Crippen LogP contribution in [0.25, 0.3) is 0 Å². The number of hydrogen-bond acceptors (Lipinski definition) is 8. The van der Waals surface area contributed by atoms with Gasteiger partial charge in [0, 0.05) is 12.1 Å². The van der Waals surface area contributed by atoms with E-state index in [4.69, 9.17) is 35.4 Å². The highest BCUT2D eigenvalue weighted by Crippen LogP contribution is 2.41. The lowest BCUT2D eigenvalue weighted by Crippen LogP contribution is -2.53. The Labute approximate surface area is 257 Å². The average molecular weight is 608 g/mol. The van der Waals surface area contributed by atoms with Crippen molar-refractivity contribution in [2.45, 2.75) is 32.5 Å². The summed E-state index contributed by atoms with van der Waals surface area (Å²) in [6, 6.07) is 18.6. The van der Waals surface area contributed by atoms with Gasteiger partial charge in [-0.3, -0.25) is 4.79 Å². The number of rotatable bonds is 13. The fourth-order valence-corrected chi connectivity index (χ4v) is 5.85. The van der Waals surface area contributed by atoms with E-state index in [0.717, 1.165) is 61.5 Å². The minimum absolute atomic E-state index is 0.0770. The van der Waals surface area contributed by atoms with Crippen LogP contribution in [-0.2, 0) is 22.8 Å². The number of halogens is 1. The number of ether oxygens (including phenoxy) is 4. The second-order valence-electron chi connectivity index (χ2n) is 10.9. The Kier molecular flexibility index (Phi) is 9.94. The molecule has 9 nitrogen and oxygen atoms in total. The highest BCUT2D eigenvalue weighted by Gasteiger charge is 2.39. The molecule has 0 unspecified atom stereocenters. The van der Waals surface area contributed by atoms with E-state index in [1.54, 1.807) is 26.4 Å². The van der Waals surface area contributed by atoms with Gasteiger partial charge >= 0.3 is 0 Å². The molecule has 3 aromatic carbocycles. The molecule has 3 saturated heterocycles. The Morgan fingerprint density at radius 2 is 1.40 bits per heavy atom. The van der Waals surface area contributed by atoms with E-state index in [1.807, 2.05) is 48.5 Å². The van der Waals surface area contributed by atoms with E-state index < -0.39 is 0 Å². The molecule has 3 fully saturated rings. The molecule has 43 heavy (non-hydrogen) atoms. The van der Waals surface area contributed by atoms with Gasteiger partial charge in [-0.05, 0) is 91.8 Å². The molecule has 1 amide bonds. The van der Waals surface area contributed by atoms with Crippen LogP contribution in [0, 0.1) is 5.41 Å². The number of amides is 1. The van der Waals surface area contributed by atoms with Gasteiger partial charge in [0.1, 0.15) is 31.8 Å². The zero-order valence-electron chi connectivity index (χ0n) is 24.9. The lowest BCUT2D eigenvalue weighted by Gasteiger charge is -2.48. The second kappa shape index (κ2) is 14.0. The molecule has 1 N–H and O–H groups in total. The molecule has 3 aromatic rings. The highest BCUT2D eigenvalue weighted by atomic mass is 35.5. The number of oxime groups is 1. The number of nitrogens with one attached hydrogen (secondary N) is 1. The molecule has 0 aromatic heterocycles. The quantitative estimate of drug-likeness (QED) is 0.204. The van der Waals surface area contributed by atoms with Crippen LogP contribution >= 0.6 is 11.6 Å². The SMILES string of the molecule is CO/N=C(\C(=O)NCC12CCN(CC1)CC2)c1ccc(OCc2ccc(OC)cc2)c(OCc2ccc(OC)cc2)c1Cl. The first-order chi connectivity index (χ1) is 20.9. The van der Waals surface area contributed by atoms with Crippen LogP contribution in [0.4, 0.5) is 0 Å². The van der Waals surface area contributed by atoms with Crippen LogP contribution < -0.4 is 24.3 Å². The van der Waals surface area contributed by atoms with Crippen molar-refractivity contribution in [3.63, 3.8) is 0 Å². The van der Waals surface area contributed by atoms with Crippen LogP contribution in [0.2, 0.25) is 5.02 Å². The minimum Gasteiger partial charge on any atom is -0.497 e. The van der Waals surface area contributed by atoms with Gasteiger partial charge in [0.2, 0.25) is 0 Å². The number of carbonyl (C=O) groups is 1. The predicted molar refractivity (Wildman–Crippen MR) is 165 cm³/mol. The number of hydrogen-bond donors (Lipinski definition) is 1. The Hall–Kier alpha value is -3.95. The number of nitrogens with zero attached hydrogens (tertiary/aromatic N) is 2. The van der Waals surface area contributed by atoms with Crippen molar-refractivity contribution in [2.24, 2.45) is 10.6 Å². The average Bonchev–Trinajstić information content (AvgIpc) is 3.06. The summed E-state index contributed by atoms with van der Waals surface area (Å²) in [5, 5.41) is 7.41. The van der Waals surface area contributed by atoms with Gasteiger partial charge in [-0.15, -0.1) is 0 Å². The molecule has 0 atom stereocenters. The summed E-state index contributed by atoms with van der Waals surface area (Å²) < 4.78 is 22.9. The number of piperidine rings is 3. The molecule has 0 saturated carbocycles. The van der Waals surface area contributed by atoms with Gasteiger partial charge in [-0.1, -0.05) is 41.0 Å². The molecular formula is C33H38ClN3O6. The van der Waals surface area contributed by atoms with Crippen molar-refractivity contribution < 1.29 is 28.6 Å². The lowest BCUT2D eigenvalue weighted by atomic mass is 9.72. The topological polar surface area (TPSA) is 90.9 Å². The normalized spacial score (nSPS) is 19.4. The summed E-state index contributed by atoms with van der Waals surface area (Å²) in [5.74, 6) is 1.90.